The van der Waals surface area contributed by atoms with Crippen molar-refractivity contribution in [2.45, 2.75) is 19.4 Å². The highest BCUT2D eigenvalue weighted by atomic mass is 16.3. The van der Waals surface area contributed by atoms with Gasteiger partial charge in [-0.1, -0.05) is 6.58 Å². The van der Waals surface area contributed by atoms with Gasteiger partial charge >= 0.3 is 0 Å². The maximum Gasteiger partial charge on any atom is 0.0538 e. The number of aliphatic hydroxyl groups is 1. The van der Waals surface area contributed by atoms with Crippen molar-refractivity contribution in [2.75, 3.05) is 13.2 Å². The molecule has 0 aliphatic heterocycles. The molecule has 0 amide bonds. The lowest BCUT2D eigenvalue weighted by atomic mass is 10.1. The number of rotatable bonds is 6. The fourth-order valence-corrected chi connectivity index (χ4v) is 1.61. The van der Waals surface area contributed by atoms with E-state index in [2.05, 4.69) is 17.0 Å². The van der Waals surface area contributed by atoms with Crippen molar-refractivity contribution >= 4 is 6.20 Å². The molecule has 0 saturated heterocycles. The average molecular weight is 207 g/mol. The normalized spacial score (nSPS) is 17.7. The first kappa shape index (κ1) is 10.4. The lowest BCUT2D eigenvalue weighted by molar-refractivity contribution is 0.207. The maximum atomic E-state index is 9.13. The number of hydrogen-bond donors (Lipinski definition) is 2. The van der Waals surface area contributed by atoms with Crippen LogP contribution in [0, 0.1) is 5.41 Å². The minimum atomic E-state index is 0.175. The van der Waals surface area contributed by atoms with Gasteiger partial charge < -0.3 is 10.4 Å². The summed E-state index contributed by atoms with van der Waals surface area (Å²) >= 11 is 0. The predicted octanol–water partition coefficient (Wildman–Crippen LogP) is 0.846. The molecule has 2 N–H and O–H groups in total. The van der Waals surface area contributed by atoms with Gasteiger partial charge in [0.15, 0.2) is 0 Å². The Hall–Kier alpha value is -1.13. The van der Waals surface area contributed by atoms with E-state index in [-0.39, 0.29) is 5.41 Å². The van der Waals surface area contributed by atoms with Gasteiger partial charge in [-0.15, -0.1) is 0 Å². The minimum Gasteiger partial charge on any atom is -0.396 e. The van der Waals surface area contributed by atoms with Crippen LogP contribution in [0.15, 0.2) is 19.0 Å². The number of aromatic nitrogens is 2. The van der Waals surface area contributed by atoms with Gasteiger partial charge in [-0.2, -0.15) is 5.10 Å². The molecule has 0 bridgehead atoms. The molecule has 1 fully saturated rings. The lowest BCUT2D eigenvalue weighted by Gasteiger charge is -2.11. The number of hydrogen-bond acceptors (Lipinski definition) is 3. The number of aliphatic hydroxyl groups excluding tert-OH is 1. The van der Waals surface area contributed by atoms with Crippen LogP contribution in [0.2, 0.25) is 0 Å². The smallest absolute Gasteiger partial charge is 0.0538 e. The molecule has 1 saturated carbocycles. The van der Waals surface area contributed by atoms with E-state index in [4.69, 9.17) is 5.11 Å². The van der Waals surface area contributed by atoms with Crippen molar-refractivity contribution in [1.82, 2.24) is 15.1 Å². The van der Waals surface area contributed by atoms with Crippen LogP contribution in [0.5, 0.6) is 0 Å². The summed E-state index contributed by atoms with van der Waals surface area (Å²) in [6.07, 6.45) is 7.72. The quantitative estimate of drug-likeness (QED) is 0.727. The Morgan fingerprint density at radius 3 is 3.00 bits per heavy atom. The summed E-state index contributed by atoms with van der Waals surface area (Å²) in [6, 6.07) is 0. The Morgan fingerprint density at radius 2 is 2.47 bits per heavy atom. The molecule has 1 aromatic heterocycles. The van der Waals surface area contributed by atoms with Crippen LogP contribution in [-0.2, 0) is 6.54 Å². The van der Waals surface area contributed by atoms with Crippen molar-refractivity contribution in [2.24, 2.45) is 5.41 Å². The van der Waals surface area contributed by atoms with E-state index >= 15 is 0 Å². The van der Waals surface area contributed by atoms with Crippen molar-refractivity contribution in [3.05, 3.63) is 24.5 Å². The fourth-order valence-electron chi connectivity index (χ4n) is 1.61. The van der Waals surface area contributed by atoms with Gasteiger partial charge in [0, 0.05) is 43.1 Å². The van der Waals surface area contributed by atoms with E-state index in [1.807, 2.05) is 12.4 Å². The molecule has 0 atom stereocenters. The highest BCUT2D eigenvalue weighted by Gasteiger charge is 2.41. The monoisotopic (exact) mass is 207 g/mol. The Bertz CT molecular complexity index is 341. The Morgan fingerprint density at radius 1 is 1.67 bits per heavy atom. The maximum absolute atomic E-state index is 9.13. The topological polar surface area (TPSA) is 50.1 Å². The van der Waals surface area contributed by atoms with E-state index in [1.165, 1.54) is 0 Å². The first-order valence-corrected chi connectivity index (χ1v) is 5.25. The second-order valence-corrected chi connectivity index (χ2v) is 4.27. The third kappa shape index (κ3) is 2.46. The molecule has 1 aliphatic carbocycles. The molecule has 4 heteroatoms. The summed E-state index contributed by atoms with van der Waals surface area (Å²) in [4.78, 5) is 0. The third-order valence-corrected chi connectivity index (χ3v) is 2.96. The summed E-state index contributed by atoms with van der Waals surface area (Å²) in [5, 5.41) is 16.6. The van der Waals surface area contributed by atoms with Crippen LogP contribution < -0.4 is 5.32 Å². The molecule has 0 spiro atoms. The molecule has 0 unspecified atom stereocenters. The van der Waals surface area contributed by atoms with Gasteiger partial charge in [0.25, 0.3) is 0 Å². The highest BCUT2D eigenvalue weighted by Crippen LogP contribution is 2.44. The molecule has 4 nitrogen and oxygen atoms in total. The van der Waals surface area contributed by atoms with Gasteiger partial charge in [-0.3, -0.25) is 0 Å². The van der Waals surface area contributed by atoms with Crippen LogP contribution in [0.25, 0.3) is 6.20 Å². The van der Waals surface area contributed by atoms with Crippen molar-refractivity contribution in [3.8, 4) is 0 Å². The molecule has 1 aliphatic rings. The second kappa shape index (κ2) is 4.16. The van der Waals surface area contributed by atoms with E-state index < -0.39 is 0 Å². The number of nitrogens with one attached hydrogen (secondary N) is 1. The van der Waals surface area contributed by atoms with Crippen LogP contribution >= 0.6 is 0 Å². The zero-order valence-corrected chi connectivity index (χ0v) is 8.82. The van der Waals surface area contributed by atoms with Crippen LogP contribution in [0.3, 0.4) is 0 Å². The van der Waals surface area contributed by atoms with Gasteiger partial charge in [-0.25, -0.2) is 4.68 Å². The molecule has 0 radical (unpaired) electrons. The SMILES string of the molecule is C=Cn1cc(CNCC2(CO)CC2)cn1. The molecule has 1 aromatic rings. The summed E-state index contributed by atoms with van der Waals surface area (Å²) in [6.45, 7) is 5.62. The second-order valence-electron chi connectivity index (χ2n) is 4.27. The fraction of sp³-hybridized carbons (Fsp3) is 0.545. The average Bonchev–Trinajstić information content (AvgIpc) is 2.89. The van der Waals surface area contributed by atoms with Crippen LogP contribution in [0.1, 0.15) is 18.4 Å². The molecular weight excluding hydrogens is 190 g/mol. The largest absolute Gasteiger partial charge is 0.396 e. The molecule has 82 valence electrons. The van der Waals surface area contributed by atoms with E-state index in [9.17, 15) is 0 Å². The zero-order valence-electron chi connectivity index (χ0n) is 8.82. The first-order valence-electron chi connectivity index (χ1n) is 5.25. The van der Waals surface area contributed by atoms with E-state index in [0.29, 0.717) is 6.61 Å². The van der Waals surface area contributed by atoms with Gasteiger partial charge in [-0.05, 0) is 12.8 Å². The van der Waals surface area contributed by atoms with Gasteiger partial charge in [0.05, 0.1) is 6.20 Å². The highest BCUT2D eigenvalue weighted by molar-refractivity contribution is 5.17. The first-order chi connectivity index (χ1) is 7.28. The minimum absolute atomic E-state index is 0.175. The van der Waals surface area contributed by atoms with Gasteiger partial charge in [0.2, 0.25) is 0 Å². The van der Waals surface area contributed by atoms with E-state index in [1.54, 1.807) is 10.9 Å². The summed E-state index contributed by atoms with van der Waals surface area (Å²) in [5.41, 5.74) is 1.32. The Balaban J connectivity index is 1.76. The Labute approximate surface area is 89.6 Å². The molecular formula is C11H17N3O. The van der Waals surface area contributed by atoms with Crippen molar-refractivity contribution in [1.29, 1.82) is 0 Å². The Kier molecular flexibility index (Phi) is 2.88. The lowest BCUT2D eigenvalue weighted by Crippen LogP contribution is -2.25. The van der Waals surface area contributed by atoms with Crippen molar-refractivity contribution < 1.29 is 5.11 Å². The zero-order chi connectivity index (χ0) is 10.7. The van der Waals surface area contributed by atoms with Crippen LogP contribution in [-0.4, -0.2) is 28.0 Å². The molecule has 0 aromatic carbocycles. The standard InChI is InChI=1S/C11H17N3O/c1-2-14-7-10(6-13-14)5-12-8-11(9-15)3-4-11/h2,6-7,12,15H,1,3-5,8-9H2. The van der Waals surface area contributed by atoms with Crippen molar-refractivity contribution in [3.63, 3.8) is 0 Å². The predicted molar refractivity (Wildman–Crippen MR) is 59.1 cm³/mol. The van der Waals surface area contributed by atoms with E-state index in [0.717, 1.165) is 31.5 Å². The number of nitrogens with zero attached hydrogens (tertiary/aromatic N) is 2. The summed E-state index contributed by atoms with van der Waals surface area (Å²) < 4.78 is 1.69. The molecule has 1 heterocycles. The van der Waals surface area contributed by atoms with Crippen LogP contribution in [0.4, 0.5) is 0 Å². The molecule has 15 heavy (non-hydrogen) atoms. The molecule has 2 rings (SSSR count). The summed E-state index contributed by atoms with van der Waals surface area (Å²) in [5.74, 6) is 0. The third-order valence-electron chi connectivity index (χ3n) is 2.96. The van der Waals surface area contributed by atoms with Gasteiger partial charge in [0.1, 0.15) is 0 Å². The summed E-state index contributed by atoms with van der Waals surface area (Å²) in [7, 11) is 0.